The van der Waals surface area contributed by atoms with Crippen LogP contribution in [0.1, 0.15) is 24.3 Å². The highest BCUT2D eigenvalue weighted by Gasteiger charge is 2.10. The maximum absolute atomic E-state index is 12.0. The van der Waals surface area contributed by atoms with Gasteiger partial charge < -0.3 is 20.1 Å². The molecule has 0 saturated carbocycles. The number of methoxy groups -OCH3 is 2. The number of nitrogens with zero attached hydrogens (tertiary/aromatic N) is 2. The van der Waals surface area contributed by atoms with E-state index in [1.54, 1.807) is 32.4 Å². The van der Waals surface area contributed by atoms with E-state index >= 15 is 0 Å². The number of hydrogen-bond acceptors (Lipinski definition) is 6. The molecule has 0 radical (unpaired) electrons. The monoisotopic (exact) mass is 316 g/mol. The molecule has 2 rings (SSSR count). The van der Waals surface area contributed by atoms with Gasteiger partial charge in [-0.25, -0.2) is 9.97 Å². The first kappa shape index (κ1) is 16.5. The molecule has 2 aromatic rings. The number of amides is 1. The number of nitrogens with one attached hydrogen (secondary N) is 2. The van der Waals surface area contributed by atoms with Crippen LogP contribution in [0.15, 0.2) is 30.6 Å². The Bertz CT molecular complexity index is 689. The third-order valence-corrected chi connectivity index (χ3v) is 2.98. The highest BCUT2D eigenvalue weighted by molar-refractivity contribution is 5.93. The number of aromatic nitrogens is 2. The Morgan fingerprint density at radius 2 is 1.83 bits per heavy atom. The second-order valence-corrected chi connectivity index (χ2v) is 5.11. The van der Waals surface area contributed by atoms with Crippen LogP contribution in [0.25, 0.3) is 0 Å². The van der Waals surface area contributed by atoms with Crippen molar-refractivity contribution < 1.29 is 14.3 Å². The summed E-state index contributed by atoms with van der Waals surface area (Å²) in [5.74, 6) is 1.51. The summed E-state index contributed by atoms with van der Waals surface area (Å²) in [5.41, 5.74) is 1.06. The summed E-state index contributed by atoms with van der Waals surface area (Å²) in [6.45, 7) is 3.78. The molecule has 0 aliphatic rings. The molecule has 0 saturated heterocycles. The number of rotatable bonds is 6. The average molecular weight is 316 g/mol. The van der Waals surface area contributed by atoms with Crippen LogP contribution >= 0.6 is 0 Å². The molecular weight excluding hydrogens is 296 g/mol. The van der Waals surface area contributed by atoms with Gasteiger partial charge in [0, 0.05) is 23.9 Å². The van der Waals surface area contributed by atoms with Crippen LogP contribution in [0, 0.1) is 0 Å². The van der Waals surface area contributed by atoms with Gasteiger partial charge in [-0.3, -0.25) is 4.79 Å². The minimum Gasteiger partial charge on any atom is -0.493 e. The van der Waals surface area contributed by atoms with E-state index in [0.717, 1.165) is 5.69 Å². The number of carbonyl (C=O) groups excluding carboxylic acids is 1. The molecule has 0 fully saturated rings. The van der Waals surface area contributed by atoms with E-state index in [-0.39, 0.29) is 11.9 Å². The smallest absolute Gasteiger partial charge is 0.270 e. The van der Waals surface area contributed by atoms with Crippen molar-refractivity contribution in [3.63, 3.8) is 0 Å². The molecule has 1 amide bonds. The molecule has 0 spiro atoms. The lowest BCUT2D eigenvalue weighted by Gasteiger charge is -2.11. The molecule has 0 aliphatic heterocycles. The molecular formula is C16H20N4O3. The minimum atomic E-state index is -0.238. The molecule has 23 heavy (non-hydrogen) atoms. The van der Waals surface area contributed by atoms with E-state index in [1.165, 1.54) is 6.33 Å². The third kappa shape index (κ3) is 4.32. The summed E-state index contributed by atoms with van der Waals surface area (Å²) >= 11 is 0. The largest absolute Gasteiger partial charge is 0.493 e. The zero-order valence-corrected chi connectivity index (χ0v) is 13.6. The van der Waals surface area contributed by atoms with Crippen molar-refractivity contribution in [2.24, 2.45) is 0 Å². The van der Waals surface area contributed by atoms with Gasteiger partial charge in [0.1, 0.15) is 17.8 Å². The van der Waals surface area contributed by atoms with Gasteiger partial charge in [0.25, 0.3) is 5.91 Å². The van der Waals surface area contributed by atoms with Crippen molar-refractivity contribution in [2.45, 2.75) is 19.9 Å². The van der Waals surface area contributed by atoms with Gasteiger partial charge in [-0.05, 0) is 26.0 Å². The fraction of sp³-hybridized carbons (Fsp3) is 0.312. The van der Waals surface area contributed by atoms with Gasteiger partial charge in [-0.15, -0.1) is 0 Å². The molecule has 0 aliphatic carbocycles. The van der Waals surface area contributed by atoms with Crippen molar-refractivity contribution in [1.82, 2.24) is 15.3 Å². The van der Waals surface area contributed by atoms with E-state index in [1.807, 2.05) is 19.9 Å². The van der Waals surface area contributed by atoms with Crippen LogP contribution in [0.2, 0.25) is 0 Å². The molecule has 1 heterocycles. The Morgan fingerprint density at radius 1 is 1.09 bits per heavy atom. The molecule has 0 unspecified atom stereocenters. The highest BCUT2D eigenvalue weighted by atomic mass is 16.5. The number of carbonyl (C=O) groups is 1. The lowest BCUT2D eigenvalue weighted by atomic mass is 10.2. The quantitative estimate of drug-likeness (QED) is 0.851. The predicted octanol–water partition coefficient (Wildman–Crippen LogP) is 2.38. The lowest BCUT2D eigenvalue weighted by Crippen LogP contribution is -2.30. The Labute approximate surface area is 135 Å². The molecule has 1 aromatic carbocycles. The van der Waals surface area contributed by atoms with Crippen molar-refractivity contribution >= 4 is 17.4 Å². The Kier molecular flexibility index (Phi) is 5.35. The second kappa shape index (κ2) is 7.44. The Balaban J connectivity index is 2.19. The molecule has 7 heteroatoms. The fourth-order valence-corrected chi connectivity index (χ4v) is 1.95. The molecule has 0 atom stereocenters. The number of ether oxygens (including phenoxy) is 2. The van der Waals surface area contributed by atoms with E-state index in [4.69, 9.17) is 9.47 Å². The topological polar surface area (TPSA) is 85.4 Å². The number of benzene rings is 1. The molecule has 122 valence electrons. The minimum absolute atomic E-state index is 0.0414. The Hall–Kier alpha value is -2.83. The van der Waals surface area contributed by atoms with Crippen molar-refractivity contribution in [1.29, 1.82) is 0 Å². The summed E-state index contributed by atoms with van der Waals surface area (Å²) in [6.07, 6.45) is 1.35. The predicted molar refractivity (Wildman–Crippen MR) is 87.5 cm³/mol. The maximum atomic E-state index is 12.0. The number of hydrogen-bond donors (Lipinski definition) is 2. The van der Waals surface area contributed by atoms with E-state index in [2.05, 4.69) is 20.6 Å². The van der Waals surface area contributed by atoms with Crippen molar-refractivity contribution in [3.8, 4) is 11.5 Å². The SMILES string of the molecule is COc1ccc(Nc2cc(C(=O)NC(C)C)ncn2)cc1OC. The maximum Gasteiger partial charge on any atom is 0.270 e. The van der Waals surface area contributed by atoms with Gasteiger partial charge in [0.15, 0.2) is 11.5 Å². The second-order valence-electron chi connectivity index (χ2n) is 5.11. The summed E-state index contributed by atoms with van der Waals surface area (Å²) in [4.78, 5) is 20.1. The van der Waals surface area contributed by atoms with Gasteiger partial charge in [0.2, 0.25) is 0 Å². The van der Waals surface area contributed by atoms with E-state index in [9.17, 15) is 4.79 Å². The van der Waals surface area contributed by atoms with Crippen LogP contribution in [-0.4, -0.2) is 36.1 Å². The van der Waals surface area contributed by atoms with Gasteiger partial charge in [-0.1, -0.05) is 0 Å². The fourth-order valence-electron chi connectivity index (χ4n) is 1.95. The first-order chi connectivity index (χ1) is 11.0. The van der Waals surface area contributed by atoms with Gasteiger partial charge >= 0.3 is 0 Å². The van der Waals surface area contributed by atoms with Crippen LogP contribution in [0.5, 0.6) is 11.5 Å². The average Bonchev–Trinajstić information content (AvgIpc) is 2.54. The summed E-state index contributed by atoms with van der Waals surface area (Å²) in [6, 6.07) is 7.04. The van der Waals surface area contributed by atoms with Crippen LogP contribution in [0.4, 0.5) is 11.5 Å². The first-order valence-corrected chi connectivity index (χ1v) is 7.15. The zero-order valence-electron chi connectivity index (χ0n) is 13.6. The summed E-state index contributed by atoms with van der Waals surface area (Å²) in [5, 5.41) is 5.90. The number of anilines is 2. The van der Waals surface area contributed by atoms with Gasteiger partial charge in [-0.2, -0.15) is 0 Å². The summed E-state index contributed by atoms with van der Waals surface area (Å²) < 4.78 is 10.5. The van der Waals surface area contributed by atoms with E-state index < -0.39 is 0 Å². The normalized spacial score (nSPS) is 10.3. The summed E-state index contributed by atoms with van der Waals surface area (Å²) in [7, 11) is 3.15. The highest BCUT2D eigenvalue weighted by Crippen LogP contribution is 2.30. The van der Waals surface area contributed by atoms with Gasteiger partial charge in [0.05, 0.1) is 14.2 Å². The standard InChI is InChI=1S/C16H20N4O3/c1-10(2)19-16(21)12-8-15(18-9-17-12)20-11-5-6-13(22-3)14(7-11)23-4/h5-10H,1-4H3,(H,19,21)(H,17,18,20). The molecule has 0 bridgehead atoms. The molecule has 7 nitrogen and oxygen atoms in total. The van der Waals surface area contributed by atoms with Crippen LogP contribution < -0.4 is 20.1 Å². The van der Waals surface area contributed by atoms with E-state index in [0.29, 0.717) is 23.0 Å². The van der Waals surface area contributed by atoms with Crippen LogP contribution in [0.3, 0.4) is 0 Å². The first-order valence-electron chi connectivity index (χ1n) is 7.15. The van der Waals surface area contributed by atoms with Crippen molar-refractivity contribution in [3.05, 3.63) is 36.3 Å². The van der Waals surface area contributed by atoms with Crippen molar-refractivity contribution in [2.75, 3.05) is 19.5 Å². The van der Waals surface area contributed by atoms with Crippen LogP contribution in [-0.2, 0) is 0 Å². The zero-order chi connectivity index (χ0) is 16.8. The Morgan fingerprint density at radius 3 is 2.48 bits per heavy atom. The lowest BCUT2D eigenvalue weighted by molar-refractivity contribution is 0.0938. The third-order valence-electron chi connectivity index (χ3n) is 2.98. The molecule has 1 aromatic heterocycles. The molecule has 2 N–H and O–H groups in total.